The van der Waals surface area contributed by atoms with Crippen molar-refractivity contribution in [2.24, 2.45) is 5.73 Å². The molecule has 2 rings (SSSR count). The van der Waals surface area contributed by atoms with Gasteiger partial charge in [-0.25, -0.2) is 4.98 Å². The van der Waals surface area contributed by atoms with Crippen LogP contribution in [0.25, 0.3) is 0 Å². The van der Waals surface area contributed by atoms with Crippen molar-refractivity contribution in [1.82, 2.24) is 4.98 Å². The van der Waals surface area contributed by atoms with Crippen LogP contribution >= 0.6 is 11.3 Å². The predicted octanol–water partition coefficient (Wildman–Crippen LogP) is 2.57. The monoisotopic (exact) mass is 196 g/mol. The van der Waals surface area contributed by atoms with Crippen LogP contribution in [-0.4, -0.2) is 4.98 Å². The summed E-state index contributed by atoms with van der Waals surface area (Å²) < 4.78 is 0. The molecule has 1 aromatic rings. The molecule has 1 heterocycles. The fourth-order valence-electron chi connectivity index (χ4n) is 2.03. The topological polar surface area (TPSA) is 38.9 Å². The molecule has 0 spiro atoms. The van der Waals surface area contributed by atoms with Crippen molar-refractivity contribution in [3.8, 4) is 0 Å². The van der Waals surface area contributed by atoms with Crippen LogP contribution in [0, 0.1) is 6.92 Å². The highest BCUT2D eigenvalue weighted by atomic mass is 32.1. The average Bonchev–Trinajstić information content (AvgIpc) is 2.54. The minimum absolute atomic E-state index is 0.108. The molecule has 0 aliphatic heterocycles. The van der Waals surface area contributed by atoms with Crippen LogP contribution < -0.4 is 5.73 Å². The number of aromatic nitrogens is 1. The van der Waals surface area contributed by atoms with E-state index in [0.717, 1.165) is 23.5 Å². The van der Waals surface area contributed by atoms with Gasteiger partial charge in [-0.15, -0.1) is 11.3 Å². The Hall–Kier alpha value is -0.410. The molecule has 1 aliphatic carbocycles. The smallest absolute Gasteiger partial charge is 0.0898 e. The summed E-state index contributed by atoms with van der Waals surface area (Å²) in [6, 6.07) is 0. The summed E-state index contributed by atoms with van der Waals surface area (Å²) in [5.74, 6) is 0. The number of nitrogens with two attached hydrogens (primary N) is 1. The highest BCUT2D eigenvalue weighted by Gasteiger charge is 2.31. The van der Waals surface area contributed by atoms with Gasteiger partial charge in [0.05, 0.1) is 16.2 Å². The molecule has 1 fully saturated rings. The number of hydrogen-bond acceptors (Lipinski definition) is 3. The van der Waals surface area contributed by atoms with E-state index in [-0.39, 0.29) is 5.54 Å². The van der Waals surface area contributed by atoms with E-state index in [9.17, 15) is 0 Å². The zero-order chi connectivity index (χ0) is 9.31. The highest BCUT2D eigenvalue weighted by molar-refractivity contribution is 7.09. The van der Waals surface area contributed by atoms with Gasteiger partial charge in [-0.2, -0.15) is 0 Å². The zero-order valence-corrected chi connectivity index (χ0v) is 8.86. The maximum absolute atomic E-state index is 6.34. The first kappa shape index (κ1) is 9.16. The summed E-state index contributed by atoms with van der Waals surface area (Å²) in [4.78, 5) is 4.50. The Balaban J connectivity index is 2.22. The molecule has 1 aromatic heterocycles. The maximum Gasteiger partial charge on any atom is 0.0898 e. The number of aryl methyl sites for hydroxylation is 1. The van der Waals surface area contributed by atoms with Gasteiger partial charge in [0.15, 0.2) is 0 Å². The lowest BCUT2D eigenvalue weighted by atomic mass is 9.81. The predicted molar refractivity (Wildman–Crippen MR) is 55.8 cm³/mol. The molecule has 0 radical (unpaired) electrons. The van der Waals surface area contributed by atoms with Crippen LogP contribution in [0.4, 0.5) is 0 Å². The first-order chi connectivity index (χ1) is 6.21. The van der Waals surface area contributed by atoms with E-state index >= 15 is 0 Å². The second-order valence-corrected chi connectivity index (χ2v) is 5.03. The SMILES string of the molecule is Cc1nc(C2(N)CCCCC2)cs1. The summed E-state index contributed by atoms with van der Waals surface area (Å²) in [6.07, 6.45) is 6.06. The van der Waals surface area contributed by atoms with Gasteiger partial charge in [0, 0.05) is 5.38 Å². The molecule has 0 aromatic carbocycles. The molecule has 3 heteroatoms. The van der Waals surface area contributed by atoms with Crippen LogP contribution in [0.5, 0.6) is 0 Å². The Kier molecular flexibility index (Phi) is 2.39. The summed E-state index contributed by atoms with van der Waals surface area (Å²) >= 11 is 1.71. The van der Waals surface area contributed by atoms with Gasteiger partial charge in [-0.1, -0.05) is 19.3 Å². The van der Waals surface area contributed by atoms with Crippen molar-refractivity contribution < 1.29 is 0 Å². The van der Waals surface area contributed by atoms with E-state index in [1.165, 1.54) is 19.3 Å². The van der Waals surface area contributed by atoms with E-state index in [2.05, 4.69) is 10.4 Å². The number of hydrogen-bond donors (Lipinski definition) is 1. The molecule has 0 atom stereocenters. The molecule has 0 amide bonds. The molecule has 0 saturated heterocycles. The second kappa shape index (κ2) is 3.39. The normalized spacial score (nSPS) is 21.7. The number of rotatable bonds is 1. The lowest BCUT2D eigenvalue weighted by Crippen LogP contribution is -2.38. The standard InChI is InChI=1S/C10H16N2S/c1-8-12-9(7-13-8)10(11)5-3-2-4-6-10/h7H,2-6,11H2,1H3. The average molecular weight is 196 g/mol. The molecule has 72 valence electrons. The van der Waals surface area contributed by atoms with Crippen molar-refractivity contribution in [1.29, 1.82) is 0 Å². The molecule has 1 saturated carbocycles. The number of nitrogens with zero attached hydrogens (tertiary/aromatic N) is 1. The summed E-state index contributed by atoms with van der Waals surface area (Å²) in [6.45, 7) is 2.04. The first-order valence-electron chi connectivity index (χ1n) is 4.92. The Morgan fingerprint density at radius 1 is 1.38 bits per heavy atom. The third kappa shape index (κ3) is 1.76. The largest absolute Gasteiger partial charge is 0.320 e. The molecular weight excluding hydrogens is 180 g/mol. The molecule has 1 aliphatic rings. The van der Waals surface area contributed by atoms with E-state index in [0.29, 0.717) is 0 Å². The van der Waals surface area contributed by atoms with Gasteiger partial charge in [0.25, 0.3) is 0 Å². The van der Waals surface area contributed by atoms with Crippen LogP contribution in [0.2, 0.25) is 0 Å². The number of thiazole rings is 1. The highest BCUT2D eigenvalue weighted by Crippen LogP contribution is 2.34. The zero-order valence-electron chi connectivity index (χ0n) is 8.05. The van der Waals surface area contributed by atoms with Crippen molar-refractivity contribution in [2.45, 2.75) is 44.6 Å². The van der Waals surface area contributed by atoms with Gasteiger partial charge in [-0.05, 0) is 19.8 Å². The van der Waals surface area contributed by atoms with Crippen molar-refractivity contribution in [3.63, 3.8) is 0 Å². The Morgan fingerprint density at radius 2 is 2.08 bits per heavy atom. The molecule has 2 nitrogen and oxygen atoms in total. The minimum Gasteiger partial charge on any atom is -0.320 e. The Bertz CT molecular complexity index is 287. The van der Waals surface area contributed by atoms with E-state index in [1.54, 1.807) is 11.3 Å². The van der Waals surface area contributed by atoms with Crippen LogP contribution in [0.15, 0.2) is 5.38 Å². The molecule has 13 heavy (non-hydrogen) atoms. The summed E-state index contributed by atoms with van der Waals surface area (Å²) in [5.41, 5.74) is 7.35. The fourth-order valence-corrected chi connectivity index (χ4v) is 2.75. The fraction of sp³-hybridized carbons (Fsp3) is 0.700. The van der Waals surface area contributed by atoms with Gasteiger partial charge in [0.2, 0.25) is 0 Å². The van der Waals surface area contributed by atoms with E-state index < -0.39 is 0 Å². The lowest BCUT2D eigenvalue weighted by Gasteiger charge is -2.31. The van der Waals surface area contributed by atoms with Gasteiger partial charge in [-0.3, -0.25) is 0 Å². The summed E-state index contributed by atoms with van der Waals surface area (Å²) in [5, 5.41) is 3.26. The van der Waals surface area contributed by atoms with Crippen LogP contribution in [0.1, 0.15) is 42.8 Å². The van der Waals surface area contributed by atoms with Crippen molar-refractivity contribution in [3.05, 3.63) is 16.1 Å². The first-order valence-corrected chi connectivity index (χ1v) is 5.80. The minimum atomic E-state index is -0.108. The van der Waals surface area contributed by atoms with Crippen molar-refractivity contribution in [2.75, 3.05) is 0 Å². The van der Waals surface area contributed by atoms with Gasteiger partial charge >= 0.3 is 0 Å². The third-order valence-corrected chi connectivity index (χ3v) is 3.65. The molecule has 2 N–H and O–H groups in total. The van der Waals surface area contributed by atoms with Crippen LogP contribution in [0.3, 0.4) is 0 Å². The van der Waals surface area contributed by atoms with Gasteiger partial charge in [0.1, 0.15) is 0 Å². The lowest BCUT2D eigenvalue weighted by molar-refractivity contribution is 0.296. The van der Waals surface area contributed by atoms with Gasteiger partial charge < -0.3 is 5.73 Å². The molecule has 0 bridgehead atoms. The van der Waals surface area contributed by atoms with E-state index in [1.807, 2.05) is 6.92 Å². The third-order valence-electron chi connectivity index (χ3n) is 2.87. The Labute approximate surface area is 83.2 Å². The quantitative estimate of drug-likeness (QED) is 0.749. The second-order valence-electron chi connectivity index (χ2n) is 3.97. The Morgan fingerprint density at radius 3 is 2.62 bits per heavy atom. The van der Waals surface area contributed by atoms with Crippen LogP contribution in [-0.2, 0) is 5.54 Å². The molecular formula is C10H16N2S. The van der Waals surface area contributed by atoms with Crippen molar-refractivity contribution >= 4 is 11.3 Å². The van der Waals surface area contributed by atoms with E-state index in [4.69, 9.17) is 5.73 Å². The molecule has 0 unspecified atom stereocenters. The maximum atomic E-state index is 6.34. The summed E-state index contributed by atoms with van der Waals surface area (Å²) in [7, 11) is 0.